The number of hydrogen-bond donors (Lipinski definition) is 0. The van der Waals surface area contributed by atoms with Crippen LogP contribution >= 0.6 is 0 Å². The fourth-order valence-corrected chi connectivity index (χ4v) is 2.90. The molecule has 2 rings (SSSR count). The summed E-state index contributed by atoms with van der Waals surface area (Å²) in [5, 5.41) is 0. The Balaban J connectivity index is 0.000000980. The van der Waals surface area contributed by atoms with E-state index in [4.69, 9.17) is 0 Å². The zero-order valence-corrected chi connectivity index (χ0v) is 11.7. The number of aromatic nitrogens is 2. The average molecular weight is 285 g/mol. The Morgan fingerprint density at radius 1 is 1.29 bits per heavy atom. The maximum atomic E-state index is 10.7. The van der Waals surface area contributed by atoms with Crippen LogP contribution in [0.3, 0.4) is 0 Å². The molecule has 0 saturated carbocycles. The van der Waals surface area contributed by atoms with Crippen LogP contribution in [0.2, 0.25) is 0 Å². The van der Waals surface area contributed by atoms with Gasteiger partial charge in [-0.3, -0.25) is 0 Å². The maximum Gasteiger partial charge on any atom is 1.00 e. The van der Waals surface area contributed by atoms with E-state index in [-0.39, 0.29) is 54.9 Å². The Kier molecular flexibility index (Phi) is 3.87. The van der Waals surface area contributed by atoms with Crippen molar-refractivity contribution in [3.05, 3.63) is 18.2 Å². The summed E-state index contributed by atoms with van der Waals surface area (Å²) in [4.78, 5) is -0.270. The van der Waals surface area contributed by atoms with Crippen LogP contribution in [-0.2, 0) is 10.1 Å². The van der Waals surface area contributed by atoms with E-state index in [1.165, 1.54) is 12.1 Å². The third kappa shape index (κ3) is 2.25. The van der Waals surface area contributed by atoms with E-state index in [1.54, 1.807) is 6.07 Å². The van der Waals surface area contributed by atoms with Gasteiger partial charge in [0.1, 0.15) is 0 Å². The first-order valence-electron chi connectivity index (χ1n) is 3.26. The number of hydrogen-bond acceptors (Lipinski definition) is 5. The first-order valence-corrected chi connectivity index (χ1v) is 6.20. The van der Waals surface area contributed by atoms with Crippen LogP contribution in [0, 0.1) is 0 Å². The van der Waals surface area contributed by atoms with Crippen molar-refractivity contribution in [1.29, 1.82) is 0 Å². The van der Waals surface area contributed by atoms with Crippen LogP contribution in [0.1, 0.15) is 0 Å². The third-order valence-corrected chi connectivity index (χ3v) is 3.52. The van der Waals surface area contributed by atoms with E-state index in [2.05, 4.69) is 7.96 Å². The summed E-state index contributed by atoms with van der Waals surface area (Å²) in [7, 11) is -4.42. The van der Waals surface area contributed by atoms with Crippen LogP contribution in [0.5, 0.6) is 0 Å². The van der Waals surface area contributed by atoms with E-state index in [9.17, 15) is 13.0 Å². The predicted octanol–water partition coefficient (Wildman–Crippen LogP) is -3.41. The van der Waals surface area contributed by atoms with Crippen molar-refractivity contribution in [3.8, 4) is 0 Å². The number of rotatable bonds is 1. The molecule has 8 heteroatoms. The first-order chi connectivity index (χ1) is 6.09. The molecule has 5 nitrogen and oxygen atoms in total. The zero-order chi connectivity index (χ0) is 9.47. The molecular weight excluding hydrogens is 282 g/mol. The topological polar surface area (TPSA) is 83.0 Å². The number of nitrogens with zero attached hydrogens (tertiary/aromatic N) is 2. The second-order valence-corrected chi connectivity index (χ2v) is 4.80. The molecular formula is C6H3N2NaO3SSe. The van der Waals surface area contributed by atoms with E-state index in [0.717, 1.165) is 0 Å². The van der Waals surface area contributed by atoms with Gasteiger partial charge in [0.05, 0.1) is 0 Å². The fourth-order valence-electron chi connectivity index (χ4n) is 0.983. The second kappa shape index (κ2) is 4.40. The minimum atomic E-state index is -4.42. The molecule has 1 aromatic heterocycles. The van der Waals surface area contributed by atoms with Gasteiger partial charge in [-0.1, -0.05) is 0 Å². The van der Waals surface area contributed by atoms with Crippen molar-refractivity contribution in [3.63, 3.8) is 0 Å². The average Bonchev–Trinajstić information content (AvgIpc) is 2.48. The zero-order valence-electron chi connectivity index (χ0n) is 7.17. The smallest absolute Gasteiger partial charge is 1.00 e. The van der Waals surface area contributed by atoms with Gasteiger partial charge in [0.25, 0.3) is 0 Å². The Hall–Kier alpha value is 0.249. The monoisotopic (exact) mass is 286 g/mol. The molecule has 0 saturated heterocycles. The summed E-state index contributed by atoms with van der Waals surface area (Å²) in [5.74, 6) is 0. The molecule has 0 radical (unpaired) electrons. The van der Waals surface area contributed by atoms with E-state index in [1.807, 2.05) is 0 Å². The van der Waals surface area contributed by atoms with Gasteiger partial charge in [-0.25, -0.2) is 0 Å². The molecule has 1 aromatic carbocycles. The van der Waals surface area contributed by atoms with Crippen molar-refractivity contribution in [1.82, 2.24) is 7.96 Å². The van der Waals surface area contributed by atoms with E-state index < -0.39 is 10.1 Å². The minimum absolute atomic E-state index is 0. The predicted molar refractivity (Wildman–Crippen MR) is 44.4 cm³/mol. The van der Waals surface area contributed by atoms with Crippen molar-refractivity contribution in [2.75, 3.05) is 0 Å². The molecule has 0 unspecified atom stereocenters. The standard InChI is InChI=1S/C6H4N2O3SSe.Na/c9-12(10,11)5-3-1-2-4-6(5)8-13-7-4;/h1-3H,(H,9,10,11);/q;+1/p-1. The molecule has 1 heterocycles. The summed E-state index contributed by atoms with van der Waals surface area (Å²) in [6, 6.07) is 4.38. The molecule has 0 aliphatic carbocycles. The molecule has 0 amide bonds. The fraction of sp³-hybridized carbons (Fsp3) is 0. The molecule has 0 atom stereocenters. The molecule has 14 heavy (non-hydrogen) atoms. The van der Waals surface area contributed by atoms with Gasteiger partial charge in [-0.05, 0) is 0 Å². The second-order valence-electron chi connectivity index (χ2n) is 2.34. The van der Waals surface area contributed by atoms with Gasteiger partial charge in [0.2, 0.25) is 0 Å². The normalized spacial score (nSPS) is 11.2. The minimum Gasteiger partial charge on any atom is 1.00 e. The van der Waals surface area contributed by atoms with Gasteiger partial charge in [0.15, 0.2) is 0 Å². The SMILES string of the molecule is O=S(=O)([O-])c1cccc2n[se]nc12.[Na+]. The summed E-state index contributed by atoms with van der Waals surface area (Å²) < 4.78 is 40.1. The molecule has 2 aromatic rings. The number of fused-ring (bicyclic) bond motifs is 1. The van der Waals surface area contributed by atoms with Crippen molar-refractivity contribution in [2.45, 2.75) is 4.90 Å². The van der Waals surface area contributed by atoms with Gasteiger partial charge in [-0.15, -0.1) is 0 Å². The van der Waals surface area contributed by atoms with Crippen LogP contribution in [0.25, 0.3) is 11.0 Å². The quantitative estimate of drug-likeness (QED) is 0.403. The molecule has 68 valence electrons. The molecule has 0 bridgehead atoms. The summed E-state index contributed by atoms with van der Waals surface area (Å²) in [5.41, 5.74) is 0.717. The van der Waals surface area contributed by atoms with Crippen LogP contribution in [0.15, 0.2) is 23.1 Å². The van der Waals surface area contributed by atoms with Crippen LogP contribution < -0.4 is 29.6 Å². The Bertz CT molecular complexity index is 553. The Labute approximate surface area is 109 Å². The van der Waals surface area contributed by atoms with Crippen molar-refractivity contribution in [2.24, 2.45) is 0 Å². The van der Waals surface area contributed by atoms with Gasteiger partial charge in [0, 0.05) is 0 Å². The molecule has 0 N–H and O–H groups in total. The summed E-state index contributed by atoms with van der Waals surface area (Å²) in [6.07, 6.45) is 0. The van der Waals surface area contributed by atoms with E-state index >= 15 is 0 Å². The third-order valence-electron chi connectivity index (χ3n) is 1.52. The van der Waals surface area contributed by atoms with Crippen LogP contribution in [0.4, 0.5) is 0 Å². The Morgan fingerprint density at radius 2 is 2.00 bits per heavy atom. The van der Waals surface area contributed by atoms with Crippen LogP contribution in [-0.4, -0.2) is 35.9 Å². The van der Waals surface area contributed by atoms with Gasteiger partial charge < -0.3 is 0 Å². The molecule has 0 aliphatic heterocycles. The Morgan fingerprint density at radius 3 is 2.64 bits per heavy atom. The van der Waals surface area contributed by atoms with Gasteiger partial charge >= 0.3 is 110 Å². The maximum absolute atomic E-state index is 10.7. The molecule has 0 spiro atoms. The molecule has 0 aliphatic rings. The van der Waals surface area contributed by atoms with Crippen molar-refractivity contribution >= 4 is 36.1 Å². The summed E-state index contributed by atoms with van der Waals surface area (Å²) >= 11 is -0.316. The van der Waals surface area contributed by atoms with Crippen molar-refractivity contribution < 1.29 is 42.5 Å². The first kappa shape index (κ1) is 12.3. The van der Waals surface area contributed by atoms with Gasteiger partial charge in [-0.2, -0.15) is 0 Å². The number of benzene rings is 1. The largest absolute Gasteiger partial charge is 1.00 e. The van der Waals surface area contributed by atoms with E-state index in [0.29, 0.717) is 5.52 Å². The molecule has 0 fully saturated rings. The summed E-state index contributed by atoms with van der Waals surface area (Å²) in [6.45, 7) is 0.